The SMILES string of the molecule is [2H]C1(C[C@H](NC(=O)OC)C(=O)N2CCC[C@H]2C(=O)O)CCC1. The molecule has 0 radical (unpaired) electrons. The molecule has 1 aliphatic heterocycles. The van der Waals surface area contributed by atoms with Crippen LogP contribution in [0.15, 0.2) is 0 Å². The Labute approximate surface area is 125 Å². The van der Waals surface area contributed by atoms with Crippen molar-refractivity contribution in [2.75, 3.05) is 13.7 Å². The summed E-state index contributed by atoms with van der Waals surface area (Å²) < 4.78 is 12.7. The number of carboxylic acids is 1. The minimum atomic E-state index is -1.04. The van der Waals surface area contributed by atoms with Gasteiger partial charge in [0.25, 0.3) is 0 Å². The number of likely N-dealkylation sites (tertiary alicyclic amines) is 1. The van der Waals surface area contributed by atoms with Gasteiger partial charge in [0.2, 0.25) is 5.91 Å². The molecule has 0 aromatic heterocycles. The minimum absolute atomic E-state index is 0.184. The van der Waals surface area contributed by atoms with Crippen LogP contribution >= 0.6 is 0 Å². The second-order valence-electron chi connectivity index (χ2n) is 5.52. The molecule has 0 spiro atoms. The maximum absolute atomic E-state index is 12.6. The van der Waals surface area contributed by atoms with Gasteiger partial charge in [0.15, 0.2) is 0 Å². The second-order valence-corrected chi connectivity index (χ2v) is 5.52. The lowest BCUT2D eigenvalue weighted by molar-refractivity contribution is -0.149. The van der Waals surface area contributed by atoms with Crippen LogP contribution in [0.1, 0.15) is 39.9 Å². The molecule has 0 aromatic carbocycles. The summed E-state index contributed by atoms with van der Waals surface area (Å²) in [7, 11) is 1.20. The van der Waals surface area contributed by atoms with Crippen molar-refractivity contribution in [1.29, 1.82) is 0 Å². The Morgan fingerprint density at radius 2 is 2.10 bits per heavy atom. The van der Waals surface area contributed by atoms with Crippen LogP contribution in [-0.2, 0) is 14.3 Å². The molecule has 7 nitrogen and oxygen atoms in total. The fourth-order valence-electron chi connectivity index (χ4n) is 2.81. The van der Waals surface area contributed by atoms with E-state index in [1.54, 1.807) is 0 Å². The molecule has 21 heavy (non-hydrogen) atoms. The number of amides is 2. The van der Waals surface area contributed by atoms with Crippen molar-refractivity contribution in [3.63, 3.8) is 0 Å². The van der Waals surface area contributed by atoms with Gasteiger partial charge in [-0.05, 0) is 25.2 Å². The van der Waals surface area contributed by atoms with Gasteiger partial charge in [-0.15, -0.1) is 0 Å². The molecule has 2 atom stereocenters. The Hall–Kier alpha value is -1.79. The molecule has 2 N–H and O–H groups in total. The zero-order chi connectivity index (χ0) is 16.3. The highest BCUT2D eigenvalue weighted by molar-refractivity contribution is 5.89. The molecule has 2 rings (SSSR count). The van der Waals surface area contributed by atoms with Gasteiger partial charge in [-0.3, -0.25) is 4.79 Å². The van der Waals surface area contributed by atoms with Crippen molar-refractivity contribution in [2.45, 2.75) is 50.6 Å². The highest BCUT2D eigenvalue weighted by Gasteiger charge is 2.38. The highest BCUT2D eigenvalue weighted by Crippen LogP contribution is 2.31. The van der Waals surface area contributed by atoms with Crippen LogP contribution in [0.3, 0.4) is 0 Å². The monoisotopic (exact) mass is 299 g/mol. The third kappa shape index (κ3) is 3.65. The van der Waals surface area contributed by atoms with E-state index in [9.17, 15) is 19.5 Å². The normalized spacial score (nSPS) is 25.5. The topological polar surface area (TPSA) is 95.9 Å². The highest BCUT2D eigenvalue weighted by atomic mass is 16.5. The number of rotatable bonds is 5. The Morgan fingerprint density at radius 3 is 2.62 bits per heavy atom. The first-order valence-electron chi connectivity index (χ1n) is 7.74. The van der Waals surface area contributed by atoms with Crippen LogP contribution in [0.25, 0.3) is 0 Å². The molecule has 0 aromatic rings. The summed E-state index contributed by atoms with van der Waals surface area (Å²) in [6.07, 6.45) is 2.78. The van der Waals surface area contributed by atoms with Crippen molar-refractivity contribution in [3.8, 4) is 0 Å². The Morgan fingerprint density at radius 1 is 1.38 bits per heavy atom. The number of carboxylic acid groups (broad SMARTS) is 1. The van der Waals surface area contributed by atoms with Crippen molar-refractivity contribution >= 4 is 18.0 Å². The molecule has 7 heteroatoms. The van der Waals surface area contributed by atoms with Gasteiger partial charge >= 0.3 is 12.1 Å². The van der Waals surface area contributed by atoms with E-state index in [4.69, 9.17) is 1.37 Å². The van der Waals surface area contributed by atoms with Gasteiger partial charge in [0.05, 0.1) is 7.11 Å². The number of alkyl carbamates (subject to hydrolysis) is 1. The number of hydrogen-bond donors (Lipinski definition) is 2. The van der Waals surface area contributed by atoms with E-state index in [0.717, 1.165) is 6.42 Å². The van der Waals surface area contributed by atoms with Gasteiger partial charge in [0, 0.05) is 7.92 Å². The number of aliphatic carboxylic acids is 1. The standard InChI is InChI=1S/C14H22N2O5/c1-21-14(20)15-10(8-9-4-2-5-9)12(17)16-7-3-6-11(16)13(18)19/h9-11H,2-8H2,1H3,(H,15,20)(H,18,19)/t10-,11-/m0/s1/i9D. The lowest BCUT2D eigenvalue weighted by atomic mass is 9.80. The number of nitrogens with zero attached hydrogens (tertiary/aromatic N) is 1. The Bertz CT molecular complexity index is 466. The first kappa shape index (κ1) is 14.2. The molecule has 118 valence electrons. The second kappa shape index (κ2) is 6.78. The third-order valence-corrected chi connectivity index (χ3v) is 4.15. The molecule has 1 saturated heterocycles. The van der Waals surface area contributed by atoms with Crippen LogP contribution in [0.4, 0.5) is 4.79 Å². The van der Waals surface area contributed by atoms with Gasteiger partial charge in [-0.2, -0.15) is 0 Å². The fraction of sp³-hybridized carbons (Fsp3) is 0.786. The lowest BCUT2D eigenvalue weighted by Gasteiger charge is -2.32. The van der Waals surface area contributed by atoms with E-state index in [2.05, 4.69) is 10.1 Å². The predicted molar refractivity (Wildman–Crippen MR) is 73.7 cm³/mol. The number of carbonyl (C=O) groups is 3. The summed E-state index contributed by atoms with van der Waals surface area (Å²) in [5.41, 5.74) is 0. The number of hydrogen-bond acceptors (Lipinski definition) is 4. The largest absolute Gasteiger partial charge is 0.480 e. The average Bonchev–Trinajstić information content (AvgIpc) is 2.93. The molecule has 2 fully saturated rings. The van der Waals surface area contributed by atoms with Crippen molar-refractivity contribution in [1.82, 2.24) is 10.2 Å². The summed E-state index contributed by atoms with van der Waals surface area (Å²) in [6.45, 7) is 0.361. The lowest BCUT2D eigenvalue weighted by Crippen LogP contribution is -2.52. The van der Waals surface area contributed by atoms with Gasteiger partial charge in [-0.1, -0.05) is 19.3 Å². The van der Waals surface area contributed by atoms with E-state index in [-0.39, 0.29) is 6.42 Å². The molecule has 1 saturated carbocycles. The van der Waals surface area contributed by atoms with Gasteiger partial charge in [-0.25, -0.2) is 9.59 Å². The van der Waals surface area contributed by atoms with E-state index >= 15 is 0 Å². The molecule has 1 heterocycles. The molecule has 2 amide bonds. The van der Waals surface area contributed by atoms with Crippen LogP contribution in [-0.4, -0.2) is 53.7 Å². The van der Waals surface area contributed by atoms with E-state index < -0.39 is 35.9 Å². The smallest absolute Gasteiger partial charge is 0.407 e. The van der Waals surface area contributed by atoms with Crippen molar-refractivity contribution in [3.05, 3.63) is 0 Å². The zero-order valence-electron chi connectivity index (χ0n) is 13.1. The summed E-state index contributed by atoms with van der Waals surface area (Å²) in [4.78, 5) is 36.6. The Balaban J connectivity index is 2.10. The first-order valence-corrected chi connectivity index (χ1v) is 7.24. The predicted octanol–water partition coefficient (Wildman–Crippen LogP) is 0.977. The molecular weight excluding hydrogens is 276 g/mol. The zero-order valence-corrected chi connectivity index (χ0v) is 12.1. The molecular formula is C14H22N2O5. The number of carbonyl (C=O) groups excluding carboxylic acids is 2. The number of nitrogens with one attached hydrogen (secondary N) is 1. The summed E-state index contributed by atoms with van der Waals surface area (Å²) in [5, 5.41) is 11.7. The van der Waals surface area contributed by atoms with Gasteiger partial charge < -0.3 is 20.1 Å². The summed E-state index contributed by atoms with van der Waals surface area (Å²) >= 11 is 0. The van der Waals surface area contributed by atoms with Crippen molar-refractivity contribution < 1.29 is 25.6 Å². The molecule has 0 bridgehead atoms. The van der Waals surface area contributed by atoms with E-state index in [1.165, 1.54) is 12.0 Å². The molecule has 0 unspecified atom stereocenters. The van der Waals surface area contributed by atoms with Crippen LogP contribution < -0.4 is 5.32 Å². The molecule has 2 aliphatic rings. The summed E-state index contributed by atoms with van der Waals surface area (Å²) in [5.74, 6) is -2.19. The number of ether oxygens (including phenoxy) is 1. The van der Waals surface area contributed by atoms with E-state index in [0.29, 0.717) is 32.2 Å². The van der Waals surface area contributed by atoms with Crippen LogP contribution in [0.2, 0.25) is 0 Å². The average molecular weight is 299 g/mol. The van der Waals surface area contributed by atoms with Gasteiger partial charge in [0.1, 0.15) is 12.1 Å². The van der Waals surface area contributed by atoms with Crippen molar-refractivity contribution in [2.24, 2.45) is 5.89 Å². The quantitative estimate of drug-likeness (QED) is 0.789. The molecule has 1 aliphatic carbocycles. The maximum Gasteiger partial charge on any atom is 0.407 e. The van der Waals surface area contributed by atoms with E-state index in [1.807, 2.05) is 0 Å². The minimum Gasteiger partial charge on any atom is -0.480 e. The fourth-order valence-corrected chi connectivity index (χ4v) is 2.81. The third-order valence-electron chi connectivity index (χ3n) is 4.15. The first-order chi connectivity index (χ1) is 10.4. The maximum atomic E-state index is 12.6. The summed E-state index contributed by atoms with van der Waals surface area (Å²) in [6, 6.07) is -1.76. The number of methoxy groups -OCH3 is 1. The van der Waals surface area contributed by atoms with Crippen LogP contribution in [0, 0.1) is 5.89 Å². The van der Waals surface area contributed by atoms with Crippen LogP contribution in [0.5, 0.6) is 0 Å². The Kier molecular flexibility index (Phi) is 4.57.